The minimum atomic E-state index is -3.26. The van der Waals surface area contributed by atoms with Crippen LogP contribution in [0.5, 0.6) is 5.75 Å². The Bertz CT molecular complexity index is 988. The maximum Gasteiger partial charge on any atom is 0.214 e. The van der Waals surface area contributed by atoms with Crippen molar-refractivity contribution in [3.8, 4) is 5.75 Å². The zero-order valence-corrected chi connectivity index (χ0v) is 20.3. The van der Waals surface area contributed by atoms with Gasteiger partial charge in [0.2, 0.25) is 10.0 Å². The normalized spacial score (nSPS) is 21.6. The average Bonchev–Trinajstić information content (AvgIpc) is 3.27. The van der Waals surface area contributed by atoms with Gasteiger partial charge in [-0.1, -0.05) is 54.1 Å². The number of ether oxygens (including phenoxy) is 1. The fourth-order valence-electron chi connectivity index (χ4n) is 4.57. The maximum atomic E-state index is 12.6. The molecule has 0 bridgehead atoms. The first-order chi connectivity index (χ1) is 15.4. The summed E-state index contributed by atoms with van der Waals surface area (Å²) in [6.07, 6.45) is 4.86. The molecular formula is C25H33ClN2O3S. The van der Waals surface area contributed by atoms with E-state index in [2.05, 4.69) is 11.0 Å². The van der Waals surface area contributed by atoms with Gasteiger partial charge in [-0.25, -0.2) is 12.7 Å². The first kappa shape index (κ1) is 23.6. The zero-order valence-electron chi connectivity index (χ0n) is 18.7. The molecule has 4 rings (SSSR count). The van der Waals surface area contributed by atoms with E-state index in [9.17, 15) is 8.42 Å². The van der Waals surface area contributed by atoms with Crippen LogP contribution in [0, 0.1) is 5.92 Å². The SMILES string of the molecule is CN(CC1CC(Oc2cccc(CN3CCCC3)c2Cl)C1)S(=O)(=O)CCc1ccccc1. The number of nitrogens with zero attached hydrogens (tertiary/aromatic N) is 2. The van der Waals surface area contributed by atoms with Crippen LogP contribution < -0.4 is 4.74 Å². The standard InChI is InChI=1S/C25H33ClN2O3S/c1-27(32(29,30)15-12-20-8-3-2-4-9-20)18-21-16-23(17-21)31-24-11-7-10-22(25(24)26)19-28-13-5-6-14-28/h2-4,7-11,21,23H,5-6,12-19H2,1H3. The fourth-order valence-corrected chi connectivity index (χ4v) is 6.05. The van der Waals surface area contributed by atoms with Gasteiger partial charge >= 0.3 is 0 Å². The van der Waals surface area contributed by atoms with Gasteiger partial charge in [-0.15, -0.1) is 0 Å². The third-order valence-corrected chi connectivity index (χ3v) is 8.85. The van der Waals surface area contributed by atoms with Crippen LogP contribution in [-0.4, -0.2) is 56.2 Å². The molecule has 1 heterocycles. The van der Waals surface area contributed by atoms with Crippen molar-refractivity contribution in [3.05, 3.63) is 64.7 Å². The first-order valence-electron chi connectivity index (χ1n) is 11.5. The molecule has 5 nitrogen and oxygen atoms in total. The predicted molar refractivity (Wildman–Crippen MR) is 130 cm³/mol. The third-order valence-electron chi connectivity index (χ3n) is 6.60. The van der Waals surface area contributed by atoms with Crippen LogP contribution >= 0.6 is 11.6 Å². The van der Waals surface area contributed by atoms with E-state index in [4.69, 9.17) is 16.3 Å². The van der Waals surface area contributed by atoms with Crippen LogP contribution in [-0.2, 0) is 23.0 Å². The van der Waals surface area contributed by atoms with Crippen molar-refractivity contribution in [1.82, 2.24) is 9.21 Å². The average molecular weight is 477 g/mol. The lowest BCUT2D eigenvalue weighted by molar-refractivity contribution is 0.0575. The molecule has 2 aliphatic rings. The van der Waals surface area contributed by atoms with Crippen LogP contribution in [0.3, 0.4) is 0 Å². The van der Waals surface area contributed by atoms with E-state index >= 15 is 0 Å². The zero-order chi connectivity index (χ0) is 22.6. The molecule has 0 spiro atoms. The summed E-state index contributed by atoms with van der Waals surface area (Å²) in [5.41, 5.74) is 2.16. The predicted octanol–water partition coefficient (Wildman–Crippen LogP) is 4.60. The molecule has 1 aliphatic heterocycles. The number of benzene rings is 2. The molecule has 1 aliphatic carbocycles. The molecule has 174 valence electrons. The lowest BCUT2D eigenvalue weighted by Crippen LogP contribution is -2.42. The van der Waals surface area contributed by atoms with Gasteiger partial charge < -0.3 is 4.74 Å². The molecule has 2 aromatic rings. The molecule has 1 saturated heterocycles. The molecule has 0 radical (unpaired) electrons. The number of halogens is 1. The smallest absolute Gasteiger partial charge is 0.214 e. The van der Waals surface area contributed by atoms with Gasteiger partial charge in [-0.2, -0.15) is 0 Å². The summed E-state index contributed by atoms with van der Waals surface area (Å²) in [6.45, 7) is 3.68. The Morgan fingerprint density at radius 2 is 1.78 bits per heavy atom. The number of sulfonamides is 1. The van der Waals surface area contributed by atoms with E-state index in [0.717, 1.165) is 49.4 Å². The summed E-state index contributed by atoms with van der Waals surface area (Å²) in [5, 5.41) is 0.712. The maximum absolute atomic E-state index is 12.6. The Hall–Kier alpha value is -1.60. The van der Waals surface area contributed by atoms with Crippen LogP contribution in [0.2, 0.25) is 5.02 Å². The highest BCUT2D eigenvalue weighted by atomic mass is 35.5. The summed E-state index contributed by atoms with van der Waals surface area (Å²) in [7, 11) is -1.58. The monoisotopic (exact) mass is 476 g/mol. The summed E-state index contributed by atoms with van der Waals surface area (Å²) >= 11 is 6.64. The second-order valence-corrected chi connectivity index (χ2v) is 11.7. The van der Waals surface area contributed by atoms with Crippen LogP contribution in [0.25, 0.3) is 0 Å². The molecule has 32 heavy (non-hydrogen) atoms. The number of hydrogen-bond donors (Lipinski definition) is 0. The molecule has 0 aromatic heterocycles. The van der Waals surface area contributed by atoms with E-state index in [0.29, 0.717) is 23.9 Å². The molecule has 0 unspecified atom stereocenters. The van der Waals surface area contributed by atoms with Crippen molar-refractivity contribution in [2.45, 2.75) is 44.8 Å². The summed E-state index contributed by atoms with van der Waals surface area (Å²) < 4.78 is 33.0. The highest BCUT2D eigenvalue weighted by Crippen LogP contribution is 2.36. The van der Waals surface area contributed by atoms with E-state index < -0.39 is 10.0 Å². The molecule has 2 aromatic carbocycles. The molecule has 0 atom stereocenters. The number of likely N-dealkylation sites (tertiary alicyclic amines) is 1. The first-order valence-corrected chi connectivity index (χ1v) is 13.5. The van der Waals surface area contributed by atoms with Crippen molar-refractivity contribution < 1.29 is 13.2 Å². The van der Waals surface area contributed by atoms with E-state index in [1.165, 1.54) is 17.1 Å². The van der Waals surface area contributed by atoms with Crippen molar-refractivity contribution in [2.75, 3.05) is 32.4 Å². The number of rotatable bonds is 10. The van der Waals surface area contributed by atoms with Gasteiger partial charge in [0.1, 0.15) is 5.75 Å². The lowest BCUT2D eigenvalue weighted by atomic mass is 9.82. The highest BCUT2D eigenvalue weighted by molar-refractivity contribution is 7.89. The molecule has 0 N–H and O–H groups in total. The Morgan fingerprint density at radius 3 is 2.50 bits per heavy atom. The minimum absolute atomic E-state index is 0.0972. The lowest BCUT2D eigenvalue weighted by Gasteiger charge is -2.37. The summed E-state index contributed by atoms with van der Waals surface area (Å²) in [4.78, 5) is 2.43. The minimum Gasteiger partial charge on any atom is -0.489 e. The van der Waals surface area contributed by atoms with Crippen LogP contribution in [0.1, 0.15) is 36.8 Å². The second kappa shape index (κ2) is 10.6. The van der Waals surface area contributed by atoms with Gasteiger partial charge in [0, 0.05) is 20.1 Å². The molecule has 2 fully saturated rings. The van der Waals surface area contributed by atoms with E-state index in [1.54, 1.807) is 7.05 Å². The quantitative estimate of drug-likeness (QED) is 0.503. The van der Waals surface area contributed by atoms with Crippen molar-refractivity contribution in [1.29, 1.82) is 0 Å². The van der Waals surface area contributed by atoms with Crippen molar-refractivity contribution in [2.24, 2.45) is 5.92 Å². The third kappa shape index (κ3) is 6.04. The Kier molecular flexibility index (Phi) is 7.77. The number of hydrogen-bond acceptors (Lipinski definition) is 4. The fraction of sp³-hybridized carbons (Fsp3) is 0.520. The Labute approximate surface area is 197 Å². The van der Waals surface area contributed by atoms with Gasteiger partial charge in [0.25, 0.3) is 0 Å². The van der Waals surface area contributed by atoms with Crippen LogP contribution in [0.4, 0.5) is 0 Å². The molecule has 7 heteroatoms. The van der Waals surface area contributed by atoms with Gasteiger partial charge in [0.05, 0.1) is 16.9 Å². The second-order valence-electron chi connectivity index (χ2n) is 9.12. The highest BCUT2D eigenvalue weighted by Gasteiger charge is 2.34. The topological polar surface area (TPSA) is 49.9 Å². The van der Waals surface area contributed by atoms with E-state index in [1.807, 2.05) is 42.5 Å². The van der Waals surface area contributed by atoms with Crippen molar-refractivity contribution in [3.63, 3.8) is 0 Å². The molecule has 0 amide bonds. The largest absolute Gasteiger partial charge is 0.489 e. The van der Waals surface area contributed by atoms with Gasteiger partial charge in [0.15, 0.2) is 0 Å². The van der Waals surface area contributed by atoms with Gasteiger partial charge in [-0.05, 0) is 68.3 Å². The van der Waals surface area contributed by atoms with Gasteiger partial charge in [-0.3, -0.25) is 4.90 Å². The Balaban J connectivity index is 1.23. The summed E-state index contributed by atoms with van der Waals surface area (Å²) in [6, 6.07) is 15.8. The number of aryl methyl sites for hydroxylation is 1. The van der Waals surface area contributed by atoms with Crippen LogP contribution in [0.15, 0.2) is 48.5 Å². The van der Waals surface area contributed by atoms with Crippen molar-refractivity contribution >= 4 is 21.6 Å². The molecular weight excluding hydrogens is 444 g/mol. The molecule has 1 saturated carbocycles. The van der Waals surface area contributed by atoms with E-state index in [-0.39, 0.29) is 11.9 Å². The Morgan fingerprint density at radius 1 is 1.06 bits per heavy atom. The summed E-state index contributed by atoms with van der Waals surface area (Å²) in [5.74, 6) is 1.21.